The fourth-order valence-corrected chi connectivity index (χ4v) is 6.45. The van der Waals surface area contributed by atoms with Gasteiger partial charge in [0.1, 0.15) is 9.77 Å². The summed E-state index contributed by atoms with van der Waals surface area (Å²) < 4.78 is 27.5. The number of anilines is 1. The number of hydrogen-bond acceptors (Lipinski definition) is 6. The zero-order chi connectivity index (χ0) is 24.8. The van der Waals surface area contributed by atoms with Gasteiger partial charge in [-0.05, 0) is 51.0 Å². The minimum absolute atomic E-state index is 0.0347. The second-order valence-corrected chi connectivity index (χ2v) is 11.5. The van der Waals surface area contributed by atoms with Crippen molar-refractivity contribution in [2.45, 2.75) is 38.6 Å². The molecule has 178 valence electrons. The van der Waals surface area contributed by atoms with E-state index >= 15 is 0 Å². The average molecular weight is 500 g/mol. The molecule has 4 rings (SSSR count). The van der Waals surface area contributed by atoms with Gasteiger partial charge in [-0.3, -0.25) is 9.78 Å². The molecule has 0 spiro atoms. The van der Waals surface area contributed by atoms with Crippen LogP contribution < -0.4 is 4.90 Å². The van der Waals surface area contributed by atoms with Crippen LogP contribution in [0.25, 0.3) is 10.4 Å². The monoisotopic (exact) mass is 499 g/mol. The van der Waals surface area contributed by atoms with Crippen molar-refractivity contribution in [1.29, 1.82) is 0 Å². The molecular formula is C24H25N3O5S2. The predicted molar refractivity (Wildman–Crippen MR) is 131 cm³/mol. The number of aryl methyl sites for hydroxylation is 3. The number of amides is 1. The van der Waals surface area contributed by atoms with E-state index in [1.807, 2.05) is 31.2 Å². The van der Waals surface area contributed by atoms with Gasteiger partial charge in [0, 0.05) is 29.4 Å². The van der Waals surface area contributed by atoms with Crippen LogP contribution in [-0.4, -0.2) is 53.8 Å². The van der Waals surface area contributed by atoms with Gasteiger partial charge in [-0.25, -0.2) is 13.2 Å². The predicted octanol–water partition coefficient (Wildman–Crippen LogP) is 3.86. The third-order valence-electron chi connectivity index (χ3n) is 5.94. The van der Waals surface area contributed by atoms with Crippen LogP contribution in [0.2, 0.25) is 0 Å². The van der Waals surface area contributed by atoms with Crippen molar-refractivity contribution < 1.29 is 23.1 Å². The number of pyridine rings is 1. The van der Waals surface area contributed by atoms with Gasteiger partial charge in [0.25, 0.3) is 0 Å². The summed E-state index contributed by atoms with van der Waals surface area (Å²) in [5.41, 5.74) is 3.70. The molecule has 1 aliphatic rings. The summed E-state index contributed by atoms with van der Waals surface area (Å²) in [6, 6.07) is 10.4. The normalized spacial score (nSPS) is 17.2. The van der Waals surface area contributed by atoms with Gasteiger partial charge in [0.15, 0.2) is 0 Å². The third-order valence-corrected chi connectivity index (χ3v) is 8.88. The number of carboxylic acids is 1. The molecule has 10 heteroatoms. The minimum Gasteiger partial charge on any atom is -0.477 e. The van der Waals surface area contributed by atoms with Crippen LogP contribution in [0.1, 0.15) is 33.4 Å². The van der Waals surface area contributed by atoms with E-state index in [1.165, 1.54) is 11.1 Å². The molecule has 0 unspecified atom stereocenters. The number of carbonyl (C=O) groups excluding carboxylic acids is 1. The van der Waals surface area contributed by atoms with E-state index in [0.717, 1.165) is 42.9 Å². The highest BCUT2D eigenvalue weighted by Crippen LogP contribution is 2.39. The lowest BCUT2D eigenvalue weighted by atomic mass is 10.1. The Labute approximate surface area is 202 Å². The van der Waals surface area contributed by atoms with Crippen LogP contribution in [0.15, 0.2) is 47.5 Å². The molecule has 1 amide bonds. The maximum atomic E-state index is 13.2. The zero-order valence-corrected chi connectivity index (χ0v) is 20.9. The summed E-state index contributed by atoms with van der Waals surface area (Å²) in [5.74, 6) is -1.61. The van der Waals surface area contributed by atoms with Crippen LogP contribution in [0.3, 0.4) is 0 Å². The number of sulfonamides is 1. The molecule has 0 bridgehead atoms. The first-order valence-electron chi connectivity index (χ1n) is 10.7. The van der Waals surface area contributed by atoms with Crippen molar-refractivity contribution in [1.82, 2.24) is 9.29 Å². The summed E-state index contributed by atoms with van der Waals surface area (Å²) in [7, 11) is -3.93. The molecule has 1 aliphatic heterocycles. The van der Waals surface area contributed by atoms with Crippen LogP contribution in [0.5, 0.6) is 0 Å². The van der Waals surface area contributed by atoms with Gasteiger partial charge < -0.3 is 10.0 Å². The van der Waals surface area contributed by atoms with E-state index in [1.54, 1.807) is 32.9 Å². The molecule has 3 aromatic rings. The Morgan fingerprint density at radius 1 is 1.15 bits per heavy atom. The highest BCUT2D eigenvalue weighted by Gasteiger charge is 2.39. The van der Waals surface area contributed by atoms with Crippen molar-refractivity contribution in [3.63, 3.8) is 0 Å². The molecule has 0 saturated carbocycles. The van der Waals surface area contributed by atoms with Gasteiger partial charge in [-0.2, -0.15) is 4.31 Å². The Hall–Kier alpha value is -3.08. The molecule has 0 aliphatic carbocycles. The van der Waals surface area contributed by atoms with E-state index in [4.69, 9.17) is 0 Å². The van der Waals surface area contributed by atoms with Crippen LogP contribution in [0, 0.1) is 20.8 Å². The Morgan fingerprint density at radius 3 is 2.41 bits per heavy atom. The fraction of sp³-hybridized carbons (Fsp3) is 0.292. The standard InChI is InChI=1S/C24H25N3O5S2/c1-14-5-7-18(8-6-14)21-10-20(23(33-21)24(29)30)27-16(3)12-26(13-22(27)28)34(31,32)19-9-15(2)17(4)25-11-19/h5-11,16H,12-13H2,1-4H3,(H,29,30)/t16-/m1/s1. The van der Waals surface area contributed by atoms with Crippen molar-refractivity contribution >= 4 is 38.9 Å². The van der Waals surface area contributed by atoms with E-state index in [0.29, 0.717) is 0 Å². The molecule has 0 radical (unpaired) electrons. The molecule has 2 aromatic heterocycles. The number of piperazine rings is 1. The lowest BCUT2D eigenvalue weighted by Crippen LogP contribution is -2.57. The smallest absolute Gasteiger partial charge is 0.348 e. The first-order valence-corrected chi connectivity index (χ1v) is 12.9. The first-order chi connectivity index (χ1) is 16.0. The van der Waals surface area contributed by atoms with Gasteiger partial charge >= 0.3 is 5.97 Å². The quantitative estimate of drug-likeness (QED) is 0.571. The summed E-state index contributed by atoms with van der Waals surface area (Å²) >= 11 is 1.10. The van der Waals surface area contributed by atoms with Gasteiger partial charge in [-0.15, -0.1) is 11.3 Å². The number of hydrogen-bond donors (Lipinski definition) is 1. The lowest BCUT2D eigenvalue weighted by molar-refractivity contribution is -0.120. The fourth-order valence-electron chi connectivity index (χ4n) is 3.95. The molecule has 1 aromatic carbocycles. The average Bonchev–Trinajstić information content (AvgIpc) is 3.20. The third kappa shape index (κ3) is 4.36. The van der Waals surface area contributed by atoms with Crippen molar-refractivity contribution in [3.05, 3.63) is 64.3 Å². The number of aromatic nitrogens is 1. The molecule has 1 saturated heterocycles. The number of thiophene rings is 1. The first kappa shape index (κ1) is 24.1. The van der Waals surface area contributed by atoms with E-state index in [9.17, 15) is 23.1 Å². The number of nitrogens with zero attached hydrogens (tertiary/aromatic N) is 3. The number of carbonyl (C=O) groups is 2. The highest BCUT2D eigenvalue weighted by molar-refractivity contribution is 7.89. The summed E-state index contributed by atoms with van der Waals surface area (Å²) in [6.07, 6.45) is 1.30. The summed E-state index contributed by atoms with van der Waals surface area (Å²) in [6.45, 7) is 6.91. The molecule has 1 N–H and O–H groups in total. The maximum absolute atomic E-state index is 13.2. The maximum Gasteiger partial charge on any atom is 0.348 e. The van der Waals surface area contributed by atoms with E-state index < -0.39 is 27.9 Å². The number of rotatable bonds is 5. The topological polar surface area (TPSA) is 108 Å². The summed E-state index contributed by atoms with van der Waals surface area (Å²) in [4.78, 5) is 31.6. The molecule has 8 nitrogen and oxygen atoms in total. The van der Waals surface area contributed by atoms with Gasteiger partial charge in [0.2, 0.25) is 15.9 Å². The number of benzene rings is 1. The van der Waals surface area contributed by atoms with Crippen LogP contribution in [-0.2, 0) is 14.8 Å². The minimum atomic E-state index is -3.93. The Morgan fingerprint density at radius 2 is 1.82 bits per heavy atom. The van der Waals surface area contributed by atoms with Gasteiger partial charge in [-0.1, -0.05) is 29.8 Å². The van der Waals surface area contributed by atoms with Crippen LogP contribution >= 0.6 is 11.3 Å². The summed E-state index contributed by atoms with van der Waals surface area (Å²) in [5, 5.41) is 9.81. The molecule has 34 heavy (non-hydrogen) atoms. The van der Waals surface area contributed by atoms with Crippen molar-refractivity contribution in [2.24, 2.45) is 0 Å². The number of aromatic carboxylic acids is 1. The molecular weight excluding hydrogens is 474 g/mol. The van der Waals surface area contributed by atoms with E-state index in [-0.39, 0.29) is 28.5 Å². The molecule has 1 fully saturated rings. The van der Waals surface area contributed by atoms with Crippen LogP contribution in [0.4, 0.5) is 5.69 Å². The Balaban J connectivity index is 1.66. The molecule has 1 atom stereocenters. The second-order valence-electron chi connectivity index (χ2n) is 8.48. The zero-order valence-electron chi connectivity index (χ0n) is 19.3. The van der Waals surface area contributed by atoms with Crippen molar-refractivity contribution in [2.75, 3.05) is 18.0 Å². The largest absolute Gasteiger partial charge is 0.477 e. The Kier molecular flexibility index (Phi) is 6.32. The van der Waals surface area contributed by atoms with Gasteiger partial charge in [0.05, 0.1) is 12.2 Å². The van der Waals surface area contributed by atoms with E-state index in [2.05, 4.69) is 4.98 Å². The Bertz CT molecular complexity index is 1380. The lowest BCUT2D eigenvalue weighted by Gasteiger charge is -2.38. The second kappa shape index (κ2) is 8.94. The number of carboxylic acid groups (broad SMARTS) is 1. The van der Waals surface area contributed by atoms with Crippen molar-refractivity contribution in [3.8, 4) is 10.4 Å². The molecule has 3 heterocycles. The highest BCUT2D eigenvalue weighted by atomic mass is 32.2. The SMILES string of the molecule is Cc1ccc(-c2cc(N3C(=O)CN(S(=O)(=O)c4cnc(C)c(C)c4)C[C@H]3C)c(C(=O)O)s2)cc1.